The summed E-state index contributed by atoms with van der Waals surface area (Å²) in [4.78, 5) is 29.6. The topological polar surface area (TPSA) is 97.7 Å². The van der Waals surface area contributed by atoms with E-state index < -0.39 is 11.8 Å². The molecule has 2 aliphatic rings. The van der Waals surface area contributed by atoms with E-state index in [1.807, 2.05) is 6.07 Å². The van der Waals surface area contributed by atoms with Crippen LogP contribution in [0.25, 0.3) is 0 Å². The van der Waals surface area contributed by atoms with Crippen molar-refractivity contribution in [1.29, 1.82) is 5.26 Å². The van der Waals surface area contributed by atoms with Gasteiger partial charge in [0.05, 0.1) is 30.5 Å². The number of amides is 2. The number of aryl methyl sites for hydroxylation is 1. The molecule has 2 aromatic rings. The molecular weight excluding hydrogens is 418 g/mol. The Morgan fingerprint density at radius 3 is 2.70 bits per heavy atom. The Hall–Kier alpha value is -3.41. The van der Waals surface area contributed by atoms with Gasteiger partial charge in [-0.25, -0.2) is 0 Å². The zero-order chi connectivity index (χ0) is 23.2. The van der Waals surface area contributed by atoms with E-state index in [0.29, 0.717) is 31.0 Å². The van der Waals surface area contributed by atoms with E-state index in [-0.39, 0.29) is 6.04 Å². The van der Waals surface area contributed by atoms with E-state index in [1.165, 1.54) is 11.3 Å². The second kappa shape index (κ2) is 10.5. The Morgan fingerprint density at radius 1 is 1.12 bits per heavy atom. The lowest BCUT2D eigenvalue weighted by Crippen LogP contribution is -2.45. The Balaban J connectivity index is 1.47. The molecule has 1 atom stereocenters. The van der Waals surface area contributed by atoms with Crippen LogP contribution < -0.4 is 15.5 Å². The van der Waals surface area contributed by atoms with Gasteiger partial charge in [0.1, 0.15) is 6.07 Å². The number of nitriles is 1. The fourth-order valence-electron chi connectivity index (χ4n) is 4.50. The van der Waals surface area contributed by atoms with Gasteiger partial charge in [0.2, 0.25) is 0 Å². The van der Waals surface area contributed by atoms with E-state index in [2.05, 4.69) is 45.7 Å². The molecule has 33 heavy (non-hydrogen) atoms. The van der Waals surface area contributed by atoms with Crippen LogP contribution in [0.5, 0.6) is 0 Å². The third kappa shape index (κ3) is 5.33. The van der Waals surface area contributed by atoms with E-state index in [9.17, 15) is 14.9 Å². The maximum atomic E-state index is 12.6. The molecule has 0 aromatic heterocycles. The second-order valence-electron chi connectivity index (χ2n) is 8.40. The highest BCUT2D eigenvalue weighted by Crippen LogP contribution is 2.31. The molecule has 2 aromatic carbocycles. The molecule has 2 aliphatic heterocycles. The summed E-state index contributed by atoms with van der Waals surface area (Å²) in [5, 5.41) is 14.5. The number of nitrogens with one attached hydrogen (secondary N) is 2. The van der Waals surface area contributed by atoms with Crippen molar-refractivity contribution in [3.8, 4) is 6.07 Å². The maximum Gasteiger partial charge on any atom is 0.313 e. The van der Waals surface area contributed by atoms with Crippen molar-refractivity contribution in [2.24, 2.45) is 0 Å². The van der Waals surface area contributed by atoms with Gasteiger partial charge in [0.25, 0.3) is 0 Å². The van der Waals surface area contributed by atoms with Crippen LogP contribution in [0.1, 0.15) is 29.2 Å². The van der Waals surface area contributed by atoms with E-state index >= 15 is 0 Å². The first-order valence-electron chi connectivity index (χ1n) is 11.3. The average Bonchev–Trinajstić information content (AvgIpc) is 2.85. The summed E-state index contributed by atoms with van der Waals surface area (Å²) < 4.78 is 5.52. The number of hydrogen-bond donors (Lipinski definition) is 2. The van der Waals surface area contributed by atoms with Crippen LogP contribution in [0.4, 0.5) is 11.4 Å². The van der Waals surface area contributed by atoms with Crippen LogP contribution in [-0.4, -0.2) is 63.2 Å². The fraction of sp³-hybridized carbons (Fsp3) is 0.400. The lowest BCUT2D eigenvalue weighted by atomic mass is 9.95. The van der Waals surface area contributed by atoms with Gasteiger partial charge in [-0.15, -0.1) is 0 Å². The first-order valence-corrected chi connectivity index (χ1v) is 11.3. The normalized spacial score (nSPS) is 16.9. The van der Waals surface area contributed by atoms with Crippen molar-refractivity contribution in [1.82, 2.24) is 10.2 Å². The van der Waals surface area contributed by atoms with Crippen LogP contribution in [0.3, 0.4) is 0 Å². The number of nitrogens with zero attached hydrogens (tertiary/aromatic N) is 3. The monoisotopic (exact) mass is 447 g/mol. The Bertz CT molecular complexity index is 1060. The molecular formula is C25H29N5O3. The molecule has 0 radical (unpaired) electrons. The number of carbonyl (C=O) groups excluding carboxylic acids is 2. The summed E-state index contributed by atoms with van der Waals surface area (Å²) in [5.41, 5.74) is 4.33. The van der Waals surface area contributed by atoms with Crippen molar-refractivity contribution in [2.45, 2.75) is 18.9 Å². The number of morpholine rings is 1. The smallest absolute Gasteiger partial charge is 0.313 e. The van der Waals surface area contributed by atoms with Crippen molar-refractivity contribution in [2.75, 3.05) is 56.7 Å². The first kappa shape index (κ1) is 22.8. The number of ether oxygens (including phenoxy) is 1. The molecule has 0 bridgehead atoms. The number of hydrogen-bond acceptors (Lipinski definition) is 6. The number of anilines is 2. The van der Waals surface area contributed by atoms with Gasteiger partial charge in [-0.3, -0.25) is 14.5 Å². The van der Waals surface area contributed by atoms with Crippen LogP contribution in [0.15, 0.2) is 42.5 Å². The zero-order valence-electron chi connectivity index (χ0n) is 18.8. The third-order valence-corrected chi connectivity index (χ3v) is 6.28. The minimum Gasteiger partial charge on any atom is -0.379 e. The highest BCUT2D eigenvalue weighted by Gasteiger charge is 2.26. The molecule has 0 spiro atoms. The summed E-state index contributed by atoms with van der Waals surface area (Å²) in [6.45, 7) is 4.17. The highest BCUT2D eigenvalue weighted by atomic mass is 16.5. The van der Waals surface area contributed by atoms with Gasteiger partial charge in [-0.2, -0.15) is 5.26 Å². The van der Waals surface area contributed by atoms with Crippen molar-refractivity contribution < 1.29 is 14.3 Å². The van der Waals surface area contributed by atoms with Crippen molar-refractivity contribution in [3.63, 3.8) is 0 Å². The van der Waals surface area contributed by atoms with Crippen LogP contribution in [0, 0.1) is 11.3 Å². The molecule has 1 fully saturated rings. The minimum absolute atomic E-state index is 0.0606. The summed E-state index contributed by atoms with van der Waals surface area (Å²) in [5.74, 6) is -1.51. The molecule has 0 unspecified atom stereocenters. The maximum absolute atomic E-state index is 12.6. The van der Waals surface area contributed by atoms with Gasteiger partial charge in [0, 0.05) is 38.9 Å². The standard InChI is InChI=1S/C25H29N5O3/c1-29-10-4-6-18-15-19(8-9-22(18)29)23(30-11-13-33-14-12-30)17-27-24(31)25(32)28-21-7-3-2-5-20(21)16-26/h2-3,5,7-9,15,23H,4,6,10-14,17H2,1H3,(H,27,31)(H,28,32)/t23-/m0/s1. The number of rotatable bonds is 5. The molecule has 1 saturated heterocycles. The highest BCUT2D eigenvalue weighted by molar-refractivity contribution is 6.39. The largest absolute Gasteiger partial charge is 0.379 e. The summed E-state index contributed by atoms with van der Waals surface area (Å²) in [6, 6.07) is 15.1. The van der Waals surface area contributed by atoms with Crippen LogP contribution in [0.2, 0.25) is 0 Å². The van der Waals surface area contributed by atoms with Crippen molar-refractivity contribution >= 4 is 23.2 Å². The predicted octanol–water partition coefficient (Wildman–Crippen LogP) is 2.07. The van der Waals surface area contributed by atoms with Gasteiger partial charge >= 0.3 is 11.8 Å². The number of fused-ring (bicyclic) bond motifs is 1. The number of carbonyl (C=O) groups is 2. The fourth-order valence-corrected chi connectivity index (χ4v) is 4.50. The summed E-state index contributed by atoms with van der Waals surface area (Å²) >= 11 is 0. The lowest BCUT2D eigenvalue weighted by molar-refractivity contribution is -0.136. The molecule has 2 amide bonds. The lowest BCUT2D eigenvalue weighted by Gasteiger charge is -2.36. The predicted molar refractivity (Wildman–Crippen MR) is 126 cm³/mol. The van der Waals surface area contributed by atoms with Crippen molar-refractivity contribution in [3.05, 3.63) is 59.2 Å². The minimum atomic E-state index is -0.787. The second-order valence-corrected chi connectivity index (χ2v) is 8.40. The van der Waals surface area contributed by atoms with E-state index in [0.717, 1.165) is 38.0 Å². The van der Waals surface area contributed by atoms with E-state index in [1.54, 1.807) is 24.3 Å². The SMILES string of the molecule is CN1CCCc2cc([C@H](CNC(=O)C(=O)Nc3ccccc3C#N)N3CCOCC3)ccc21. The molecule has 8 heteroatoms. The third-order valence-electron chi connectivity index (χ3n) is 6.28. The molecule has 2 heterocycles. The number of para-hydroxylation sites is 1. The average molecular weight is 448 g/mol. The Morgan fingerprint density at radius 2 is 1.91 bits per heavy atom. The molecule has 0 saturated carbocycles. The summed E-state index contributed by atoms with van der Waals surface area (Å²) in [7, 11) is 2.11. The first-order chi connectivity index (χ1) is 16.1. The van der Waals surface area contributed by atoms with Gasteiger partial charge < -0.3 is 20.3 Å². The van der Waals surface area contributed by atoms with Crippen LogP contribution >= 0.6 is 0 Å². The Kier molecular flexibility index (Phi) is 7.23. The van der Waals surface area contributed by atoms with Crippen LogP contribution in [-0.2, 0) is 20.7 Å². The molecule has 2 N–H and O–H groups in total. The molecule has 8 nitrogen and oxygen atoms in total. The summed E-state index contributed by atoms with van der Waals surface area (Å²) in [6.07, 6.45) is 2.16. The van der Waals surface area contributed by atoms with E-state index in [4.69, 9.17) is 4.74 Å². The Labute approximate surface area is 194 Å². The zero-order valence-corrected chi connectivity index (χ0v) is 18.8. The van der Waals surface area contributed by atoms with Gasteiger partial charge in [-0.1, -0.05) is 24.3 Å². The quantitative estimate of drug-likeness (QED) is 0.681. The number of benzene rings is 2. The van der Waals surface area contributed by atoms with Gasteiger partial charge in [0.15, 0.2) is 0 Å². The van der Waals surface area contributed by atoms with Gasteiger partial charge in [-0.05, 0) is 42.2 Å². The molecule has 0 aliphatic carbocycles. The molecule has 4 rings (SSSR count). The molecule has 172 valence electrons.